The Morgan fingerprint density at radius 1 is 0.844 bits per heavy atom. The average molecular weight is 466 g/mol. The van der Waals surface area contributed by atoms with Gasteiger partial charge in [-0.3, -0.25) is 0 Å². The van der Waals surface area contributed by atoms with E-state index in [2.05, 4.69) is 60.6 Å². The van der Waals surface area contributed by atoms with Crippen LogP contribution in [0.5, 0.6) is 5.75 Å². The molecule has 0 aromatic heterocycles. The molecule has 2 rings (SSSR count). The molecule has 1 unspecified atom stereocenters. The summed E-state index contributed by atoms with van der Waals surface area (Å²) in [6, 6.07) is 14.4. The predicted molar refractivity (Wildman–Crippen MR) is 138 cm³/mol. The van der Waals surface area contributed by atoms with Crippen molar-refractivity contribution in [3.63, 3.8) is 0 Å². The molecule has 0 heterocycles. The van der Waals surface area contributed by atoms with E-state index in [0.717, 1.165) is 18.6 Å². The van der Waals surface area contributed by atoms with E-state index in [9.17, 15) is 0 Å². The molecular weight excluding hydrogens is 422 g/mol. The van der Waals surface area contributed by atoms with Gasteiger partial charge in [-0.25, -0.2) is 0 Å². The van der Waals surface area contributed by atoms with Gasteiger partial charge in [0.25, 0.3) is 0 Å². The van der Waals surface area contributed by atoms with Crippen molar-refractivity contribution in [3.8, 4) is 5.75 Å². The molecule has 0 bridgehead atoms. The first kappa shape index (κ1) is 30.4. The molecule has 0 saturated heterocycles. The van der Waals surface area contributed by atoms with Crippen molar-refractivity contribution in [1.82, 2.24) is 0 Å². The Bertz CT molecular complexity index is 785. The smallest absolute Gasteiger partial charge is 0.119 e. The normalized spacial score (nSPS) is 12.3. The first-order chi connectivity index (χ1) is 14.1. The number of hydrogen-bond donors (Lipinski definition) is 1. The second kappa shape index (κ2) is 13.8. The van der Waals surface area contributed by atoms with Crippen LogP contribution in [0.3, 0.4) is 0 Å². The number of hydrogen-bond acceptors (Lipinski definition) is 3. The summed E-state index contributed by atoms with van der Waals surface area (Å²) in [6.45, 7) is 16.5. The van der Waals surface area contributed by atoms with Crippen LogP contribution in [-0.4, -0.2) is 18.7 Å². The van der Waals surface area contributed by atoms with E-state index in [4.69, 9.17) is 15.2 Å². The summed E-state index contributed by atoms with van der Waals surface area (Å²) in [5, 5.41) is 0. The summed E-state index contributed by atoms with van der Waals surface area (Å²) in [5.41, 5.74) is 11.5. The molecular formula is C27H44ClNO3. The van der Waals surface area contributed by atoms with Crippen molar-refractivity contribution in [2.75, 3.05) is 13.2 Å². The van der Waals surface area contributed by atoms with E-state index in [-0.39, 0.29) is 24.0 Å². The van der Waals surface area contributed by atoms with Gasteiger partial charge in [-0.1, -0.05) is 58.0 Å². The first-order valence-electron chi connectivity index (χ1n) is 11.3. The fraction of sp³-hybridized carbons (Fsp3) is 0.556. The maximum Gasteiger partial charge on any atom is 0.119 e. The van der Waals surface area contributed by atoms with Crippen LogP contribution < -0.4 is 10.5 Å². The summed E-state index contributed by atoms with van der Waals surface area (Å²) in [4.78, 5) is 0. The van der Waals surface area contributed by atoms with Crippen molar-refractivity contribution in [2.24, 2.45) is 17.6 Å². The highest BCUT2D eigenvalue weighted by Gasteiger charge is 2.26. The van der Waals surface area contributed by atoms with Gasteiger partial charge in [0.15, 0.2) is 0 Å². The van der Waals surface area contributed by atoms with Crippen LogP contribution in [0.25, 0.3) is 0 Å². The van der Waals surface area contributed by atoms with Crippen molar-refractivity contribution >= 4 is 12.4 Å². The fourth-order valence-corrected chi connectivity index (χ4v) is 4.00. The number of halogens is 1. The molecule has 0 aliphatic rings. The van der Waals surface area contributed by atoms with Crippen molar-refractivity contribution in [1.29, 1.82) is 0 Å². The lowest BCUT2D eigenvalue weighted by atomic mass is 9.80. The van der Waals surface area contributed by atoms with Crippen LogP contribution in [0.15, 0.2) is 42.5 Å². The summed E-state index contributed by atoms with van der Waals surface area (Å²) in [5.74, 6) is 2.05. The topological polar surface area (TPSA) is 76.0 Å². The molecule has 32 heavy (non-hydrogen) atoms. The molecule has 4 nitrogen and oxygen atoms in total. The van der Waals surface area contributed by atoms with E-state index in [1.54, 1.807) is 0 Å². The summed E-state index contributed by atoms with van der Waals surface area (Å²) in [7, 11) is 0. The first-order valence-corrected chi connectivity index (χ1v) is 11.3. The van der Waals surface area contributed by atoms with Crippen LogP contribution in [0.2, 0.25) is 0 Å². The zero-order valence-corrected chi connectivity index (χ0v) is 21.7. The molecule has 2 aromatic carbocycles. The molecule has 2 aromatic rings. The number of ether oxygens (including phenoxy) is 2. The lowest BCUT2D eigenvalue weighted by Gasteiger charge is -2.31. The summed E-state index contributed by atoms with van der Waals surface area (Å²) >= 11 is 0. The Hall–Kier alpha value is -1.59. The molecule has 0 fully saturated rings. The van der Waals surface area contributed by atoms with Gasteiger partial charge in [-0.05, 0) is 79.8 Å². The van der Waals surface area contributed by atoms with Gasteiger partial charge >= 0.3 is 0 Å². The minimum Gasteiger partial charge on any atom is -0.491 e. The fourth-order valence-electron chi connectivity index (χ4n) is 4.00. The van der Waals surface area contributed by atoms with Crippen molar-refractivity contribution < 1.29 is 14.9 Å². The SMILES string of the molecule is CC(C)Cc1ccc(C(C)(C)N)c(C(C)OCCOc2ccccc2)c1CC(C)C.Cl.O. The van der Waals surface area contributed by atoms with E-state index in [0.29, 0.717) is 25.0 Å². The maximum absolute atomic E-state index is 6.60. The molecule has 0 saturated carbocycles. The Balaban J connectivity index is 0.00000480. The number of rotatable bonds is 11. The molecule has 0 radical (unpaired) electrons. The van der Waals surface area contributed by atoms with E-state index in [1.807, 2.05) is 30.3 Å². The lowest BCUT2D eigenvalue weighted by molar-refractivity contribution is 0.0423. The van der Waals surface area contributed by atoms with Crippen molar-refractivity contribution in [2.45, 2.75) is 73.0 Å². The van der Waals surface area contributed by atoms with Crippen LogP contribution >= 0.6 is 12.4 Å². The number of para-hydroxylation sites is 1. The van der Waals surface area contributed by atoms with E-state index >= 15 is 0 Å². The molecule has 0 amide bonds. The third kappa shape index (κ3) is 9.11. The van der Waals surface area contributed by atoms with Gasteiger partial charge in [-0.2, -0.15) is 0 Å². The molecule has 0 spiro atoms. The largest absolute Gasteiger partial charge is 0.491 e. The van der Waals surface area contributed by atoms with Crippen LogP contribution in [-0.2, 0) is 23.1 Å². The van der Waals surface area contributed by atoms with Gasteiger partial charge in [0.2, 0.25) is 0 Å². The molecule has 0 aliphatic carbocycles. The molecule has 0 aliphatic heterocycles. The minimum atomic E-state index is -0.421. The zero-order chi connectivity index (χ0) is 22.3. The maximum atomic E-state index is 6.60. The number of benzene rings is 2. The van der Waals surface area contributed by atoms with E-state index in [1.165, 1.54) is 22.3 Å². The zero-order valence-electron chi connectivity index (χ0n) is 20.9. The van der Waals surface area contributed by atoms with Gasteiger partial charge in [0.1, 0.15) is 12.4 Å². The number of nitrogens with two attached hydrogens (primary N) is 1. The predicted octanol–water partition coefficient (Wildman–Crippen LogP) is 6.03. The Morgan fingerprint density at radius 3 is 1.97 bits per heavy atom. The van der Waals surface area contributed by atoms with Gasteiger partial charge in [0.05, 0.1) is 12.7 Å². The molecule has 182 valence electrons. The van der Waals surface area contributed by atoms with Gasteiger partial charge in [0, 0.05) is 5.54 Å². The quantitative estimate of drug-likeness (QED) is 0.411. The highest BCUT2D eigenvalue weighted by Crippen LogP contribution is 2.35. The molecule has 1 atom stereocenters. The Kier molecular flexibility index (Phi) is 13.2. The van der Waals surface area contributed by atoms with Gasteiger partial charge < -0.3 is 20.7 Å². The monoisotopic (exact) mass is 465 g/mol. The molecule has 5 heteroatoms. The third-order valence-electron chi connectivity index (χ3n) is 5.26. The lowest BCUT2D eigenvalue weighted by Crippen LogP contribution is -2.32. The van der Waals surface area contributed by atoms with Crippen LogP contribution in [0, 0.1) is 11.8 Å². The van der Waals surface area contributed by atoms with Crippen molar-refractivity contribution in [3.05, 3.63) is 64.7 Å². The van der Waals surface area contributed by atoms with Crippen LogP contribution in [0.4, 0.5) is 0 Å². The Labute approximate surface area is 201 Å². The third-order valence-corrected chi connectivity index (χ3v) is 5.26. The van der Waals surface area contributed by atoms with Gasteiger partial charge in [-0.15, -0.1) is 12.4 Å². The highest BCUT2D eigenvalue weighted by molar-refractivity contribution is 5.85. The summed E-state index contributed by atoms with van der Waals surface area (Å²) in [6.07, 6.45) is 2.07. The second-order valence-corrected chi connectivity index (χ2v) is 9.76. The standard InChI is InChI=1S/C27H41NO2.ClH.H2O/c1-19(2)17-22-13-14-25(27(6,7)28)26(24(22)18-20(3)4)21(5)29-15-16-30-23-11-9-8-10-12-23;;/h8-14,19-21H,15-18,28H2,1-7H3;1H;1H2. The second-order valence-electron chi connectivity index (χ2n) is 9.76. The highest BCUT2D eigenvalue weighted by atomic mass is 35.5. The van der Waals surface area contributed by atoms with E-state index < -0.39 is 5.54 Å². The average Bonchev–Trinajstić information content (AvgIpc) is 2.65. The minimum absolute atomic E-state index is 0. The molecule has 4 N–H and O–H groups in total. The summed E-state index contributed by atoms with van der Waals surface area (Å²) < 4.78 is 12.1. The van der Waals surface area contributed by atoms with Crippen LogP contribution in [0.1, 0.15) is 76.8 Å². The Morgan fingerprint density at radius 2 is 1.44 bits per heavy atom.